The second kappa shape index (κ2) is 6.79. The highest BCUT2D eigenvalue weighted by Gasteiger charge is 2.21. The third-order valence-corrected chi connectivity index (χ3v) is 3.94. The summed E-state index contributed by atoms with van der Waals surface area (Å²) in [6, 6.07) is 0.461. The number of amides is 1. The van der Waals surface area contributed by atoms with Gasteiger partial charge in [0.2, 0.25) is 0 Å². The molecule has 0 bridgehead atoms. The van der Waals surface area contributed by atoms with Crippen molar-refractivity contribution in [2.45, 2.75) is 58.5 Å². The first-order valence-corrected chi connectivity index (χ1v) is 7.53. The van der Waals surface area contributed by atoms with Gasteiger partial charge in [0.15, 0.2) is 0 Å². The number of aryl methyl sites for hydroxylation is 1. The maximum absolute atomic E-state index is 12.2. The van der Waals surface area contributed by atoms with Gasteiger partial charge in [-0.15, -0.1) is 0 Å². The van der Waals surface area contributed by atoms with Crippen LogP contribution < -0.4 is 10.6 Å². The molecule has 1 aromatic rings. The topological polar surface area (TPSA) is 66.9 Å². The maximum Gasteiger partial charge on any atom is 0.254 e. The number of hydrogen-bond donors (Lipinski definition) is 2. The van der Waals surface area contributed by atoms with Crippen molar-refractivity contribution in [2.24, 2.45) is 0 Å². The Balaban J connectivity index is 2.10. The Morgan fingerprint density at radius 1 is 1.50 bits per heavy atom. The summed E-state index contributed by atoms with van der Waals surface area (Å²) in [6.45, 7) is 7.05. The van der Waals surface area contributed by atoms with Gasteiger partial charge in [-0.25, -0.2) is 9.97 Å². The Bertz CT molecular complexity index is 465. The van der Waals surface area contributed by atoms with Crippen LogP contribution in [0.25, 0.3) is 0 Å². The zero-order valence-electron chi connectivity index (χ0n) is 12.6. The first-order chi connectivity index (χ1) is 9.65. The molecule has 0 radical (unpaired) electrons. The number of carbonyl (C=O) groups excluding carboxylic acids is 1. The lowest BCUT2D eigenvalue weighted by Crippen LogP contribution is -2.34. The summed E-state index contributed by atoms with van der Waals surface area (Å²) in [6.07, 6.45) is 5.76. The van der Waals surface area contributed by atoms with E-state index in [-0.39, 0.29) is 18.0 Å². The maximum atomic E-state index is 12.2. The van der Waals surface area contributed by atoms with Gasteiger partial charge in [-0.3, -0.25) is 4.79 Å². The van der Waals surface area contributed by atoms with E-state index in [1.54, 1.807) is 6.20 Å². The highest BCUT2D eigenvalue weighted by molar-refractivity contribution is 5.95. The second-order valence-electron chi connectivity index (χ2n) is 5.36. The van der Waals surface area contributed by atoms with E-state index in [1.807, 2.05) is 6.92 Å². The molecule has 2 heterocycles. The van der Waals surface area contributed by atoms with Crippen LogP contribution in [0.1, 0.15) is 67.4 Å². The summed E-state index contributed by atoms with van der Waals surface area (Å²) in [5.74, 6) is 0.737. The molecule has 5 nitrogen and oxygen atoms in total. The van der Waals surface area contributed by atoms with Crippen LogP contribution in [0.2, 0.25) is 0 Å². The molecule has 1 saturated heterocycles. The van der Waals surface area contributed by atoms with Crippen LogP contribution >= 0.6 is 0 Å². The minimum absolute atomic E-state index is 0.0675. The third kappa shape index (κ3) is 3.33. The Hall–Kier alpha value is -1.49. The quantitative estimate of drug-likeness (QED) is 0.864. The molecule has 1 amide bonds. The standard InChI is InChI=1S/C15H24N4O/c1-4-11(5-2)19-15(20)12-9-17-14(18-10(12)3)13-7-6-8-16-13/h9,11,13,16H,4-8H2,1-3H3,(H,19,20). The lowest BCUT2D eigenvalue weighted by molar-refractivity contribution is 0.0933. The van der Waals surface area contributed by atoms with Gasteiger partial charge in [0.1, 0.15) is 5.82 Å². The highest BCUT2D eigenvalue weighted by atomic mass is 16.1. The third-order valence-electron chi connectivity index (χ3n) is 3.94. The molecule has 1 aliphatic heterocycles. The molecule has 1 unspecified atom stereocenters. The summed E-state index contributed by atoms with van der Waals surface area (Å²) < 4.78 is 0. The Morgan fingerprint density at radius 3 is 2.80 bits per heavy atom. The number of aromatic nitrogens is 2. The van der Waals surface area contributed by atoms with Gasteiger partial charge in [-0.2, -0.15) is 0 Å². The fourth-order valence-corrected chi connectivity index (χ4v) is 2.54. The second-order valence-corrected chi connectivity index (χ2v) is 5.36. The van der Waals surface area contributed by atoms with Gasteiger partial charge in [0.05, 0.1) is 17.3 Å². The van der Waals surface area contributed by atoms with Gasteiger partial charge in [-0.1, -0.05) is 13.8 Å². The monoisotopic (exact) mass is 276 g/mol. The Morgan fingerprint density at radius 2 is 2.25 bits per heavy atom. The predicted molar refractivity (Wildman–Crippen MR) is 78.6 cm³/mol. The van der Waals surface area contributed by atoms with Crippen LogP contribution in [0.4, 0.5) is 0 Å². The first kappa shape index (κ1) is 14.9. The van der Waals surface area contributed by atoms with Crippen molar-refractivity contribution in [2.75, 3.05) is 6.54 Å². The van der Waals surface area contributed by atoms with E-state index in [1.165, 1.54) is 0 Å². The van der Waals surface area contributed by atoms with Crippen molar-refractivity contribution < 1.29 is 4.79 Å². The summed E-state index contributed by atoms with van der Waals surface area (Å²) in [5, 5.41) is 6.40. The summed E-state index contributed by atoms with van der Waals surface area (Å²) in [4.78, 5) is 21.1. The average Bonchev–Trinajstić information content (AvgIpc) is 2.98. The summed E-state index contributed by atoms with van der Waals surface area (Å²) in [5.41, 5.74) is 1.34. The molecule has 0 aromatic carbocycles. The van der Waals surface area contributed by atoms with E-state index in [4.69, 9.17) is 0 Å². The van der Waals surface area contributed by atoms with Crippen molar-refractivity contribution in [3.8, 4) is 0 Å². The molecule has 1 aliphatic rings. The van der Waals surface area contributed by atoms with Gasteiger partial charge in [0, 0.05) is 12.2 Å². The molecule has 5 heteroatoms. The van der Waals surface area contributed by atoms with E-state index in [0.717, 1.165) is 43.7 Å². The van der Waals surface area contributed by atoms with Gasteiger partial charge >= 0.3 is 0 Å². The predicted octanol–water partition coefficient (Wildman–Crippen LogP) is 2.13. The normalized spacial score (nSPS) is 18.5. The van der Waals surface area contributed by atoms with E-state index >= 15 is 0 Å². The zero-order valence-corrected chi connectivity index (χ0v) is 12.6. The number of nitrogens with one attached hydrogen (secondary N) is 2. The number of hydrogen-bond acceptors (Lipinski definition) is 4. The van der Waals surface area contributed by atoms with Gasteiger partial charge in [0.25, 0.3) is 5.91 Å². The summed E-state index contributed by atoms with van der Waals surface area (Å²) in [7, 11) is 0. The van der Waals surface area contributed by atoms with Crippen LogP contribution in [0, 0.1) is 6.92 Å². The number of rotatable bonds is 5. The van der Waals surface area contributed by atoms with Crippen molar-refractivity contribution in [1.29, 1.82) is 0 Å². The molecule has 0 aliphatic carbocycles. The van der Waals surface area contributed by atoms with Crippen LogP contribution in [0.5, 0.6) is 0 Å². The van der Waals surface area contributed by atoms with Crippen LogP contribution in [0.3, 0.4) is 0 Å². The molecule has 2 N–H and O–H groups in total. The van der Waals surface area contributed by atoms with Crippen molar-refractivity contribution in [3.63, 3.8) is 0 Å². The highest BCUT2D eigenvalue weighted by Crippen LogP contribution is 2.20. The fourth-order valence-electron chi connectivity index (χ4n) is 2.54. The molecule has 20 heavy (non-hydrogen) atoms. The summed E-state index contributed by atoms with van der Waals surface area (Å²) >= 11 is 0. The molecule has 1 atom stereocenters. The minimum atomic E-state index is -0.0675. The van der Waals surface area contributed by atoms with Gasteiger partial charge < -0.3 is 10.6 Å². The van der Waals surface area contributed by atoms with E-state index < -0.39 is 0 Å². The molecule has 2 rings (SSSR count). The molecule has 1 aromatic heterocycles. The lowest BCUT2D eigenvalue weighted by atomic mass is 10.1. The molecule has 0 saturated carbocycles. The van der Waals surface area contributed by atoms with Crippen molar-refractivity contribution in [3.05, 3.63) is 23.3 Å². The molecule has 110 valence electrons. The van der Waals surface area contributed by atoms with Crippen molar-refractivity contribution >= 4 is 5.91 Å². The number of nitrogens with zero attached hydrogens (tertiary/aromatic N) is 2. The smallest absolute Gasteiger partial charge is 0.254 e. The molecule has 1 fully saturated rings. The Kier molecular flexibility index (Phi) is 5.06. The van der Waals surface area contributed by atoms with Gasteiger partial charge in [-0.05, 0) is 39.2 Å². The largest absolute Gasteiger partial charge is 0.349 e. The van der Waals surface area contributed by atoms with Crippen LogP contribution in [-0.4, -0.2) is 28.5 Å². The average molecular weight is 276 g/mol. The lowest BCUT2D eigenvalue weighted by Gasteiger charge is -2.16. The van der Waals surface area contributed by atoms with Crippen LogP contribution in [0.15, 0.2) is 6.20 Å². The molecule has 0 spiro atoms. The molecular weight excluding hydrogens is 252 g/mol. The minimum Gasteiger partial charge on any atom is -0.349 e. The first-order valence-electron chi connectivity index (χ1n) is 7.53. The van der Waals surface area contributed by atoms with E-state index in [9.17, 15) is 4.79 Å². The van der Waals surface area contributed by atoms with E-state index in [0.29, 0.717) is 5.56 Å². The van der Waals surface area contributed by atoms with Crippen LogP contribution in [-0.2, 0) is 0 Å². The van der Waals surface area contributed by atoms with E-state index in [2.05, 4.69) is 34.4 Å². The Labute approximate surface area is 120 Å². The van der Waals surface area contributed by atoms with Crippen molar-refractivity contribution in [1.82, 2.24) is 20.6 Å². The molecular formula is C15H24N4O. The zero-order chi connectivity index (χ0) is 14.5. The number of carbonyl (C=O) groups is 1. The fraction of sp³-hybridized carbons (Fsp3) is 0.667. The SMILES string of the molecule is CCC(CC)NC(=O)c1cnc(C2CCCN2)nc1C.